The second kappa shape index (κ2) is 11.2. The van der Waals surface area contributed by atoms with Crippen molar-refractivity contribution in [1.29, 1.82) is 0 Å². The van der Waals surface area contributed by atoms with Gasteiger partial charge in [-0.15, -0.1) is 0 Å². The normalized spacial score (nSPS) is 15.6. The molecule has 2 heterocycles. The highest BCUT2D eigenvalue weighted by Crippen LogP contribution is 2.21. The number of hydrogen-bond acceptors (Lipinski definition) is 7. The van der Waals surface area contributed by atoms with Crippen molar-refractivity contribution in [3.63, 3.8) is 0 Å². The zero-order valence-corrected chi connectivity index (χ0v) is 20.0. The maximum atomic E-state index is 12.7. The van der Waals surface area contributed by atoms with E-state index in [1.54, 1.807) is 7.11 Å². The molecule has 8 heteroatoms. The van der Waals surface area contributed by atoms with Crippen molar-refractivity contribution >= 4 is 5.91 Å². The molecule has 1 saturated heterocycles. The van der Waals surface area contributed by atoms with Gasteiger partial charge in [-0.25, -0.2) is 0 Å². The molecule has 34 heavy (non-hydrogen) atoms. The van der Waals surface area contributed by atoms with Crippen molar-refractivity contribution in [3.05, 3.63) is 60.0 Å². The molecule has 0 spiro atoms. The van der Waals surface area contributed by atoms with Crippen LogP contribution in [0.15, 0.2) is 53.1 Å². The molecule has 0 aliphatic carbocycles. The van der Waals surface area contributed by atoms with E-state index in [2.05, 4.69) is 20.4 Å². The fourth-order valence-corrected chi connectivity index (χ4v) is 3.98. The number of hydrogen-bond donors (Lipinski definition) is 1. The fraction of sp³-hybridized carbons (Fsp3) is 0.423. The monoisotopic (exact) mass is 464 g/mol. The number of amides is 1. The summed E-state index contributed by atoms with van der Waals surface area (Å²) in [6, 6.07) is 15.4. The van der Waals surface area contributed by atoms with Crippen LogP contribution >= 0.6 is 0 Å². The lowest BCUT2D eigenvalue weighted by Gasteiger charge is -2.30. The molecular formula is C26H32N4O4. The third-order valence-electron chi connectivity index (χ3n) is 6.04. The number of nitrogens with zero attached hydrogens (tertiary/aromatic N) is 3. The number of aromatic nitrogens is 2. The maximum Gasteiger partial charge on any atom is 0.241 e. The summed E-state index contributed by atoms with van der Waals surface area (Å²) in [4.78, 5) is 19.5. The number of methoxy groups -OCH3 is 1. The van der Waals surface area contributed by atoms with Gasteiger partial charge in [-0.1, -0.05) is 35.0 Å². The van der Waals surface area contributed by atoms with Gasteiger partial charge in [-0.2, -0.15) is 4.98 Å². The van der Waals surface area contributed by atoms with Crippen molar-refractivity contribution in [2.75, 3.05) is 26.8 Å². The minimum Gasteiger partial charge on any atom is -0.497 e. The van der Waals surface area contributed by atoms with Crippen LogP contribution in [0.2, 0.25) is 0 Å². The molecule has 1 amide bonds. The first kappa shape index (κ1) is 23.8. The van der Waals surface area contributed by atoms with Gasteiger partial charge in [-0.3, -0.25) is 9.69 Å². The van der Waals surface area contributed by atoms with E-state index in [1.807, 2.05) is 62.4 Å². The molecule has 1 fully saturated rings. The molecule has 1 aliphatic heterocycles. The first-order chi connectivity index (χ1) is 16.5. The summed E-state index contributed by atoms with van der Waals surface area (Å²) in [5.41, 5.74) is 2.14. The van der Waals surface area contributed by atoms with Gasteiger partial charge in [0.2, 0.25) is 17.6 Å². The summed E-state index contributed by atoms with van der Waals surface area (Å²) >= 11 is 0. The van der Waals surface area contributed by atoms with E-state index in [1.165, 1.54) is 5.56 Å². The van der Waals surface area contributed by atoms with Gasteiger partial charge in [0.1, 0.15) is 18.1 Å². The van der Waals surface area contributed by atoms with E-state index >= 15 is 0 Å². The Labute approximate surface area is 200 Å². The molecule has 1 aromatic heterocycles. The summed E-state index contributed by atoms with van der Waals surface area (Å²) in [6.07, 6.45) is 1.60. The largest absolute Gasteiger partial charge is 0.497 e. The number of piperidine rings is 1. The van der Waals surface area contributed by atoms with E-state index < -0.39 is 0 Å². The van der Waals surface area contributed by atoms with Gasteiger partial charge in [0.15, 0.2) is 0 Å². The lowest BCUT2D eigenvalue weighted by atomic mass is 9.95. The van der Waals surface area contributed by atoms with Crippen LogP contribution in [0.4, 0.5) is 0 Å². The van der Waals surface area contributed by atoms with Crippen LogP contribution in [0.25, 0.3) is 11.4 Å². The lowest BCUT2D eigenvalue weighted by Crippen LogP contribution is -2.44. The van der Waals surface area contributed by atoms with Crippen molar-refractivity contribution in [2.24, 2.45) is 5.92 Å². The van der Waals surface area contributed by atoms with E-state index in [0.717, 1.165) is 43.0 Å². The molecule has 1 aliphatic rings. The maximum absolute atomic E-state index is 12.7. The van der Waals surface area contributed by atoms with Crippen molar-refractivity contribution in [1.82, 2.24) is 20.4 Å². The minimum atomic E-state index is -0.0776. The molecule has 0 radical (unpaired) electrons. The van der Waals surface area contributed by atoms with Gasteiger partial charge < -0.3 is 19.3 Å². The zero-order valence-electron chi connectivity index (χ0n) is 20.0. The number of carbonyl (C=O) groups is 1. The number of ether oxygens (including phenoxy) is 2. The van der Waals surface area contributed by atoms with Crippen LogP contribution in [-0.2, 0) is 11.3 Å². The van der Waals surface area contributed by atoms with Crippen LogP contribution in [0.5, 0.6) is 11.5 Å². The third-order valence-corrected chi connectivity index (χ3v) is 6.04. The Bertz CT molecular complexity index is 1060. The molecule has 8 nitrogen and oxygen atoms in total. The lowest BCUT2D eigenvalue weighted by molar-refractivity contribution is -0.127. The summed E-state index contributed by atoms with van der Waals surface area (Å²) in [7, 11) is 1.63. The molecular weight excluding hydrogens is 432 g/mol. The SMILES string of the molecule is COc1ccc(OCC(C)NC(=O)C2CCN(Cc3nc(-c4ccc(C)cc4)no3)CC2)cc1. The van der Waals surface area contributed by atoms with Crippen LogP contribution < -0.4 is 14.8 Å². The summed E-state index contributed by atoms with van der Waals surface area (Å²) in [5, 5.41) is 7.19. The number of nitrogens with one attached hydrogen (secondary N) is 1. The van der Waals surface area contributed by atoms with E-state index in [4.69, 9.17) is 14.0 Å². The Morgan fingerprint density at radius 2 is 1.79 bits per heavy atom. The predicted molar refractivity (Wildman–Crippen MR) is 129 cm³/mol. The van der Waals surface area contributed by atoms with Crippen LogP contribution in [0.1, 0.15) is 31.2 Å². The molecule has 0 bridgehead atoms. The average molecular weight is 465 g/mol. The zero-order chi connectivity index (χ0) is 23.9. The van der Waals surface area contributed by atoms with E-state index in [9.17, 15) is 4.79 Å². The standard InChI is InChI=1S/C26H32N4O4/c1-18-4-6-20(7-5-18)25-28-24(34-29-25)16-30-14-12-21(13-15-30)26(31)27-19(2)17-33-23-10-8-22(32-3)9-11-23/h4-11,19,21H,12-17H2,1-3H3,(H,27,31). The Morgan fingerprint density at radius 1 is 1.12 bits per heavy atom. The number of carbonyl (C=O) groups excluding carboxylic acids is 1. The van der Waals surface area contributed by atoms with Crippen LogP contribution in [0.3, 0.4) is 0 Å². The van der Waals surface area contributed by atoms with Crippen LogP contribution in [-0.4, -0.2) is 53.8 Å². The smallest absolute Gasteiger partial charge is 0.241 e. The molecule has 180 valence electrons. The van der Waals surface area contributed by atoms with E-state index in [-0.39, 0.29) is 17.9 Å². The Morgan fingerprint density at radius 3 is 2.47 bits per heavy atom. The number of aryl methyl sites for hydroxylation is 1. The summed E-state index contributed by atoms with van der Waals surface area (Å²) < 4.78 is 16.4. The van der Waals surface area contributed by atoms with Gasteiger partial charge in [0.05, 0.1) is 19.7 Å². The van der Waals surface area contributed by atoms with Crippen LogP contribution in [0, 0.1) is 12.8 Å². The first-order valence-electron chi connectivity index (χ1n) is 11.7. The van der Waals surface area contributed by atoms with Crippen molar-refractivity contribution in [2.45, 2.75) is 39.3 Å². The van der Waals surface area contributed by atoms with Gasteiger partial charge >= 0.3 is 0 Å². The Hall–Kier alpha value is -3.39. The molecule has 4 rings (SSSR count). The first-order valence-corrected chi connectivity index (χ1v) is 11.7. The topological polar surface area (TPSA) is 89.7 Å². The molecule has 1 N–H and O–H groups in total. The highest BCUT2D eigenvalue weighted by Gasteiger charge is 2.26. The van der Waals surface area contributed by atoms with Gasteiger partial charge in [0.25, 0.3) is 0 Å². The average Bonchev–Trinajstić information content (AvgIpc) is 3.32. The van der Waals surface area contributed by atoms with Gasteiger partial charge in [-0.05, 0) is 64.0 Å². The minimum absolute atomic E-state index is 0.00508. The highest BCUT2D eigenvalue weighted by atomic mass is 16.5. The number of likely N-dealkylation sites (tertiary alicyclic amines) is 1. The fourth-order valence-electron chi connectivity index (χ4n) is 3.98. The van der Waals surface area contributed by atoms with E-state index in [0.29, 0.717) is 24.9 Å². The third kappa shape index (κ3) is 6.35. The second-order valence-corrected chi connectivity index (χ2v) is 8.82. The number of rotatable bonds is 9. The Balaban J connectivity index is 1.19. The highest BCUT2D eigenvalue weighted by molar-refractivity contribution is 5.79. The summed E-state index contributed by atoms with van der Waals surface area (Å²) in [5.74, 6) is 2.83. The summed E-state index contributed by atoms with van der Waals surface area (Å²) in [6.45, 7) is 6.65. The number of benzene rings is 2. The van der Waals surface area contributed by atoms with Gasteiger partial charge in [0, 0.05) is 11.5 Å². The molecule has 2 aromatic carbocycles. The molecule has 0 saturated carbocycles. The van der Waals surface area contributed by atoms with Crippen molar-refractivity contribution < 1.29 is 18.8 Å². The second-order valence-electron chi connectivity index (χ2n) is 8.82. The van der Waals surface area contributed by atoms with Crippen molar-refractivity contribution in [3.8, 4) is 22.9 Å². The molecule has 1 atom stereocenters. The quantitative estimate of drug-likeness (QED) is 0.514. The molecule has 3 aromatic rings. The Kier molecular flexibility index (Phi) is 7.80. The predicted octanol–water partition coefficient (Wildman–Crippen LogP) is 3.85. The molecule has 1 unspecified atom stereocenters.